The van der Waals surface area contributed by atoms with Gasteiger partial charge < -0.3 is 10.4 Å². The lowest BCUT2D eigenvalue weighted by atomic mass is 9.82. The molecule has 4 nitrogen and oxygen atoms in total. The Hall–Kier alpha value is -1.20. The Labute approximate surface area is 104 Å². The molecule has 0 aromatic carbocycles. The van der Waals surface area contributed by atoms with Crippen LogP contribution in [0.15, 0.2) is 11.5 Å². The minimum absolute atomic E-state index is 0.1000. The molecule has 1 fully saturated rings. The van der Waals surface area contributed by atoms with Crippen LogP contribution in [-0.4, -0.2) is 28.6 Å². The predicted octanol–water partition coefficient (Wildman–Crippen LogP) is 1.35. The molecule has 0 spiro atoms. The van der Waals surface area contributed by atoms with Crippen LogP contribution >= 0.6 is 11.3 Å². The van der Waals surface area contributed by atoms with E-state index in [1.807, 2.05) is 12.3 Å². The first-order valence-electron chi connectivity index (χ1n) is 5.69. The second-order valence-corrected chi connectivity index (χ2v) is 5.42. The van der Waals surface area contributed by atoms with E-state index >= 15 is 0 Å². The van der Waals surface area contributed by atoms with Crippen LogP contribution in [0.25, 0.3) is 6.08 Å². The minimum atomic E-state index is -0.162. The Morgan fingerprint density at radius 1 is 1.71 bits per heavy atom. The van der Waals surface area contributed by atoms with Crippen molar-refractivity contribution in [3.05, 3.63) is 22.2 Å². The summed E-state index contributed by atoms with van der Waals surface area (Å²) in [6.07, 6.45) is 4.66. The van der Waals surface area contributed by atoms with E-state index in [1.54, 1.807) is 17.4 Å². The summed E-state index contributed by atoms with van der Waals surface area (Å²) in [7, 11) is 0. The van der Waals surface area contributed by atoms with E-state index in [0.29, 0.717) is 12.5 Å². The van der Waals surface area contributed by atoms with Crippen molar-refractivity contribution in [2.45, 2.75) is 25.9 Å². The summed E-state index contributed by atoms with van der Waals surface area (Å²) in [5, 5.41) is 14.8. The van der Waals surface area contributed by atoms with E-state index in [-0.39, 0.29) is 12.0 Å². The quantitative estimate of drug-likeness (QED) is 0.795. The second kappa shape index (κ2) is 5.42. The highest BCUT2D eigenvalue weighted by Crippen LogP contribution is 2.25. The van der Waals surface area contributed by atoms with Gasteiger partial charge in [-0.05, 0) is 31.8 Å². The van der Waals surface area contributed by atoms with Crippen molar-refractivity contribution in [1.29, 1.82) is 0 Å². The van der Waals surface area contributed by atoms with Crippen molar-refractivity contribution >= 4 is 23.3 Å². The van der Waals surface area contributed by atoms with Crippen molar-refractivity contribution in [2.75, 3.05) is 6.54 Å². The van der Waals surface area contributed by atoms with Gasteiger partial charge in [0.2, 0.25) is 5.91 Å². The van der Waals surface area contributed by atoms with Crippen LogP contribution in [0.3, 0.4) is 0 Å². The Balaban J connectivity index is 1.71. The maximum atomic E-state index is 11.5. The predicted molar refractivity (Wildman–Crippen MR) is 67.6 cm³/mol. The fraction of sp³-hybridized carbons (Fsp3) is 0.500. The highest BCUT2D eigenvalue weighted by molar-refractivity contribution is 7.09. The smallest absolute Gasteiger partial charge is 0.244 e. The summed E-state index contributed by atoms with van der Waals surface area (Å²) in [6.45, 7) is 2.58. The molecule has 0 saturated heterocycles. The standard InChI is InChI=1S/C12H16N2O2S/c1-8-14-10(7-17-8)2-3-12(16)13-6-9-4-11(15)5-9/h2-3,7,9,11,15H,4-6H2,1H3,(H,13,16). The zero-order chi connectivity index (χ0) is 12.3. The lowest BCUT2D eigenvalue weighted by Crippen LogP contribution is -2.37. The number of rotatable bonds is 4. The number of hydrogen-bond acceptors (Lipinski definition) is 4. The molecular weight excluding hydrogens is 236 g/mol. The van der Waals surface area contributed by atoms with E-state index in [2.05, 4.69) is 10.3 Å². The van der Waals surface area contributed by atoms with Crippen LogP contribution in [0.5, 0.6) is 0 Å². The Morgan fingerprint density at radius 3 is 3.06 bits per heavy atom. The zero-order valence-corrected chi connectivity index (χ0v) is 10.5. The monoisotopic (exact) mass is 252 g/mol. The summed E-state index contributed by atoms with van der Waals surface area (Å²) in [5.41, 5.74) is 0.821. The SMILES string of the molecule is Cc1nc(C=CC(=O)NCC2CC(O)C2)cs1. The average molecular weight is 252 g/mol. The Bertz CT molecular complexity index is 422. The topological polar surface area (TPSA) is 62.2 Å². The summed E-state index contributed by atoms with van der Waals surface area (Å²) in [4.78, 5) is 15.7. The highest BCUT2D eigenvalue weighted by Gasteiger charge is 2.26. The zero-order valence-electron chi connectivity index (χ0n) is 9.72. The van der Waals surface area contributed by atoms with Gasteiger partial charge in [0.25, 0.3) is 0 Å². The van der Waals surface area contributed by atoms with Crippen LogP contribution in [0.4, 0.5) is 0 Å². The van der Waals surface area contributed by atoms with Gasteiger partial charge in [0.1, 0.15) is 0 Å². The lowest BCUT2D eigenvalue weighted by molar-refractivity contribution is -0.117. The molecule has 0 atom stereocenters. The van der Waals surface area contributed by atoms with E-state index in [1.165, 1.54) is 6.08 Å². The summed E-state index contributed by atoms with van der Waals surface area (Å²) >= 11 is 1.57. The molecule has 1 aliphatic carbocycles. The third-order valence-electron chi connectivity index (χ3n) is 2.82. The third-order valence-corrected chi connectivity index (χ3v) is 3.61. The molecule has 92 valence electrons. The van der Waals surface area contributed by atoms with Crippen LogP contribution in [-0.2, 0) is 4.79 Å². The Morgan fingerprint density at radius 2 is 2.47 bits per heavy atom. The van der Waals surface area contributed by atoms with Crippen molar-refractivity contribution in [3.8, 4) is 0 Å². The summed E-state index contributed by atoms with van der Waals surface area (Å²) in [6, 6.07) is 0. The molecule has 2 rings (SSSR count). The number of aromatic nitrogens is 1. The van der Waals surface area contributed by atoms with Crippen LogP contribution < -0.4 is 5.32 Å². The first kappa shape index (κ1) is 12.3. The fourth-order valence-electron chi connectivity index (χ4n) is 1.79. The number of carbonyl (C=O) groups is 1. The third kappa shape index (κ3) is 3.64. The molecule has 17 heavy (non-hydrogen) atoms. The van der Waals surface area contributed by atoms with Crippen molar-refractivity contribution in [2.24, 2.45) is 5.92 Å². The van der Waals surface area contributed by atoms with Crippen molar-refractivity contribution in [3.63, 3.8) is 0 Å². The van der Waals surface area contributed by atoms with Crippen molar-refractivity contribution < 1.29 is 9.90 Å². The van der Waals surface area contributed by atoms with Crippen molar-refractivity contribution in [1.82, 2.24) is 10.3 Å². The largest absolute Gasteiger partial charge is 0.393 e. The van der Waals surface area contributed by atoms with Gasteiger partial charge in [-0.3, -0.25) is 4.79 Å². The molecule has 1 amide bonds. The first-order chi connectivity index (χ1) is 8.13. The molecule has 1 aliphatic rings. The highest BCUT2D eigenvalue weighted by atomic mass is 32.1. The molecule has 0 unspecified atom stereocenters. The molecule has 1 aromatic rings. The van der Waals surface area contributed by atoms with Crippen LogP contribution in [0.1, 0.15) is 23.5 Å². The van der Waals surface area contributed by atoms with Gasteiger partial charge in [0.05, 0.1) is 16.8 Å². The van der Waals surface area contributed by atoms with Gasteiger partial charge in [-0.15, -0.1) is 11.3 Å². The summed E-state index contributed by atoms with van der Waals surface area (Å²) in [5.74, 6) is 0.334. The number of amides is 1. The molecule has 1 aromatic heterocycles. The molecule has 2 N–H and O–H groups in total. The number of aliphatic hydroxyl groups excluding tert-OH is 1. The number of aliphatic hydroxyl groups is 1. The molecule has 1 heterocycles. The van der Waals surface area contributed by atoms with Gasteiger partial charge in [-0.1, -0.05) is 0 Å². The van der Waals surface area contributed by atoms with E-state index in [0.717, 1.165) is 23.5 Å². The molecule has 0 bridgehead atoms. The molecule has 0 aliphatic heterocycles. The molecule has 5 heteroatoms. The fourth-order valence-corrected chi connectivity index (χ4v) is 2.37. The molecular formula is C12H16N2O2S. The number of hydrogen-bond donors (Lipinski definition) is 2. The van der Waals surface area contributed by atoms with E-state index < -0.39 is 0 Å². The number of carbonyl (C=O) groups excluding carboxylic acids is 1. The van der Waals surface area contributed by atoms with Crippen LogP contribution in [0.2, 0.25) is 0 Å². The van der Waals surface area contributed by atoms with Gasteiger partial charge >= 0.3 is 0 Å². The second-order valence-electron chi connectivity index (χ2n) is 4.36. The van der Waals surface area contributed by atoms with Crippen LogP contribution in [0, 0.1) is 12.8 Å². The van der Waals surface area contributed by atoms with Gasteiger partial charge in [-0.25, -0.2) is 4.98 Å². The number of thiazole rings is 1. The van der Waals surface area contributed by atoms with E-state index in [4.69, 9.17) is 5.11 Å². The number of nitrogens with zero attached hydrogens (tertiary/aromatic N) is 1. The molecule has 0 radical (unpaired) electrons. The minimum Gasteiger partial charge on any atom is -0.393 e. The maximum Gasteiger partial charge on any atom is 0.244 e. The molecule has 1 saturated carbocycles. The first-order valence-corrected chi connectivity index (χ1v) is 6.57. The lowest BCUT2D eigenvalue weighted by Gasteiger charge is -2.31. The van der Waals surface area contributed by atoms with E-state index in [9.17, 15) is 4.79 Å². The van der Waals surface area contributed by atoms with Gasteiger partial charge in [0, 0.05) is 18.0 Å². The Kier molecular flexibility index (Phi) is 3.91. The maximum absolute atomic E-state index is 11.5. The summed E-state index contributed by atoms with van der Waals surface area (Å²) < 4.78 is 0. The average Bonchev–Trinajstić information content (AvgIpc) is 2.66. The van der Waals surface area contributed by atoms with Gasteiger partial charge in [-0.2, -0.15) is 0 Å². The number of nitrogens with one attached hydrogen (secondary N) is 1. The number of aryl methyl sites for hydroxylation is 1. The normalized spacial score (nSPS) is 23.6. The van der Waals surface area contributed by atoms with Gasteiger partial charge in [0.15, 0.2) is 0 Å².